The standard InChI is InChI=1S/C15H19N3O/c1-2-14-16-15(19-17-14)11-18-10-6-9-13(18)12-7-4-3-5-8-12/h3-5,7-8,13H,2,6,9-11H2,1H3. The predicted molar refractivity (Wildman–Crippen MR) is 72.5 cm³/mol. The Balaban J connectivity index is 1.73. The van der Waals surface area contributed by atoms with E-state index in [2.05, 4.69) is 45.4 Å². The van der Waals surface area contributed by atoms with Crippen LogP contribution in [-0.4, -0.2) is 21.6 Å². The van der Waals surface area contributed by atoms with E-state index < -0.39 is 0 Å². The molecule has 1 aliphatic heterocycles. The van der Waals surface area contributed by atoms with Gasteiger partial charge >= 0.3 is 0 Å². The Kier molecular flexibility index (Phi) is 3.60. The second-order valence-electron chi connectivity index (χ2n) is 5.00. The summed E-state index contributed by atoms with van der Waals surface area (Å²) in [5.74, 6) is 1.53. The largest absolute Gasteiger partial charge is 0.338 e. The lowest BCUT2D eigenvalue weighted by atomic mass is 10.0. The first kappa shape index (κ1) is 12.4. The van der Waals surface area contributed by atoms with Gasteiger partial charge in [0.2, 0.25) is 5.89 Å². The molecule has 0 N–H and O–H groups in total. The van der Waals surface area contributed by atoms with E-state index in [1.165, 1.54) is 18.4 Å². The van der Waals surface area contributed by atoms with Crippen LogP contribution in [-0.2, 0) is 13.0 Å². The van der Waals surface area contributed by atoms with Crippen LogP contribution >= 0.6 is 0 Å². The summed E-state index contributed by atoms with van der Waals surface area (Å²) in [5.41, 5.74) is 1.38. The molecular formula is C15H19N3O. The number of hydrogen-bond donors (Lipinski definition) is 0. The van der Waals surface area contributed by atoms with Crippen LogP contribution in [0.2, 0.25) is 0 Å². The second kappa shape index (κ2) is 5.53. The summed E-state index contributed by atoms with van der Waals surface area (Å²) in [7, 11) is 0. The smallest absolute Gasteiger partial charge is 0.240 e. The summed E-state index contributed by atoms with van der Waals surface area (Å²) in [6.45, 7) is 3.90. The number of hydrogen-bond acceptors (Lipinski definition) is 4. The van der Waals surface area contributed by atoms with Gasteiger partial charge in [0, 0.05) is 12.5 Å². The minimum absolute atomic E-state index is 0.484. The molecular weight excluding hydrogens is 238 g/mol. The van der Waals surface area contributed by atoms with E-state index in [4.69, 9.17) is 4.52 Å². The third-order valence-electron chi connectivity index (χ3n) is 3.71. The van der Waals surface area contributed by atoms with Gasteiger partial charge in [0.25, 0.3) is 0 Å². The first-order valence-electron chi connectivity index (χ1n) is 6.97. The Morgan fingerprint density at radius 1 is 1.32 bits per heavy atom. The van der Waals surface area contributed by atoms with E-state index in [1.807, 2.05) is 6.92 Å². The molecule has 0 bridgehead atoms. The first-order valence-corrected chi connectivity index (χ1v) is 6.97. The van der Waals surface area contributed by atoms with Gasteiger partial charge in [-0.1, -0.05) is 42.4 Å². The highest BCUT2D eigenvalue weighted by Crippen LogP contribution is 2.32. The van der Waals surface area contributed by atoms with Gasteiger partial charge in [-0.15, -0.1) is 0 Å². The zero-order valence-electron chi connectivity index (χ0n) is 11.2. The highest BCUT2D eigenvalue weighted by molar-refractivity contribution is 5.20. The molecule has 3 rings (SSSR count). The summed E-state index contributed by atoms with van der Waals surface area (Å²) in [4.78, 5) is 6.83. The number of aryl methyl sites for hydroxylation is 1. The average molecular weight is 257 g/mol. The molecule has 0 amide bonds. The Labute approximate surface area is 113 Å². The van der Waals surface area contributed by atoms with Gasteiger partial charge in [0.1, 0.15) is 0 Å². The van der Waals surface area contributed by atoms with Gasteiger partial charge in [0.05, 0.1) is 6.54 Å². The topological polar surface area (TPSA) is 42.2 Å². The zero-order valence-corrected chi connectivity index (χ0v) is 11.2. The molecule has 2 aromatic rings. The van der Waals surface area contributed by atoms with Crippen molar-refractivity contribution in [3.63, 3.8) is 0 Å². The van der Waals surface area contributed by atoms with Crippen LogP contribution in [0.15, 0.2) is 34.9 Å². The van der Waals surface area contributed by atoms with Crippen molar-refractivity contribution in [3.05, 3.63) is 47.6 Å². The number of nitrogens with zero attached hydrogens (tertiary/aromatic N) is 3. The Hall–Kier alpha value is -1.68. The Morgan fingerprint density at radius 3 is 2.89 bits per heavy atom. The molecule has 2 heterocycles. The van der Waals surface area contributed by atoms with Gasteiger partial charge in [-0.05, 0) is 24.9 Å². The van der Waals surface area contributed by atoms with Crippen molar-refractivity contribution in [2.75, 3.05) is 6.54 Å². The van der Waals surface area contributed by atoms with Gasteiger partial charge < -0.3 is 4.52 Å². The minimum atomic E-state index is 0.484. The van der Waals surface area contributed by atoms with Gasteiger partial charge in [0.15, 0.2) is 5.82 Å². The van der Waals surface area contributed by atoms with E-state index in [0.717, 1.165) is 31.2 Å². The van der Waals surface area contributed by atoms with E-state index in [0.29, 0.717) is 6.04 Å². The Bertz CT molecular complexity index is 523. The third kappa shape index (κ3) is 2.68. The third-order valence-corrected chi connectivity index (χ3v) is 3.71. The maximum absolute atomic E-state index is 5.30. The van der Waals surface area contributed by atoms with E-state index >= 15 is 0 Å². The average Bonchev–Trinajstić information content (AvgIpc) is 3.09. The maximum atomic E-state index is 5.30. The molecule has 1 unspecified atom stereocenters. The fraction of sp³-hybridized carbons (Fsp3) is 0.467. The first-order chi connectivity index (χ1) is 9.36. The van der Waals surface area contributed by atoms with Crippen molar-refractivity contribution >= 4 is 0 Å². The molecule has 100 valence electrons. The molecule has 4 nitrogen and oxygen atoms in total. The van der Waals surface area contributed by atoms with Crippen LogP contribution in [0.1, 0.15) is 43.1 Å². The molecule has 1 aliphatic rings. The molecule has 1 saturated heterocycles. The second-order valence-corrected chi connectivity index (χ2v) is 5.00. The predicted octanol–water partition coefficient (Wildman–Crippen LogP) is 2.97. The van der Waals surface area contributed by atoms with E-state index in [1.54, 1.807) is 0 Å². The summed E-state index contributed by atoms with van der Waals surface area (Å²) >= 11 is 0. The molecule has 0 saturated carbocycles. The lowest BCUT2D eigenvalue weighted by Gasteiger charge is -2.22. The van der Waals surface area contributed by atoms with Crippen molar-refractivity contribution < 1.29 is 4.52 Å². The fourth-order valence-electron chi connectivity index (χ4n) is 2.74. The molecule has 1 fully saturated rings. The normalized spacial score (nSPS) is 19.9. The van der Waals surface area contributed by atoms with Gasteiger partial charge in [-0.25, -0.2) is 0 Å². The number of likely N-dealkylation sites (tertiary alicyclic amines) is 1. The lowest BCUT2D eigenvalue weighted by Crippen LogP contribution is -2.22. The van der Waals surface area contributed by atoms with Gasteiger partial charge in [-0.2, -0.15) is 4.98 Å². The van der Waals surface area contributed by atoms with Crippen LogP contribution in [0.4, 0.5) is 0 Å². The van der Waals surface area contributed by atoms with Crippen LogP contribution in [0.25, 0.3) is 0 Å². The molecule has 0 spiro atoms. The number of rotatable bonds is 4. The number of aromatic nitrogens is 2. The number of benzene rings is 1. The quantitative estimate of drug-likeness (QED) is 0.844. The van der Waals surface area contributed by atoms with E-state index in [9.17, 15) is 0 Å². The lowest BCUT2D eigenvalue weighted by molar-refractivity contribution is 0.212. The molecule has 4 heteroatoms. The molecule has 19 heavy (non-hydrogen) atoms. The van der Waals surface area contributed by atoms with Crippen molar-refractivity contribution in [1.82, 2.24) is 15.0 Å². The summed E-state index contributed by atoms with van der Waals surface area (Å²) in [5, 5.41) is 3.96. The molecule has 1 aromatic heterocycles. The minimum Gasteiger partial charge on any atom is -0.338 e. The van der Waals surface area contributed by atoms with Crippen LogP contribution in [0, 0.1) is 0 Å². The maximum Gasteiger partial charge on any atom is 0.240 e. The molecule has 1 atom stereocenters. The molecule has 1 aromatic carbocycles. The molecule has 0 radical (unpaired) electrons. The highest BCUT2D eigenvalue weighted by atomic mass is 16.5. The monoisotopic (exact) mass is 257 g/mol. The van der Waals surface area contributed by atoms with Crippen molar-refractivity contribution in [2.24, 2.45) is 0 Å². The fourth-order valence-corrected chi connectivity index (χ4v) is 2.74. The van der Waals surface area contributed by atoms with Gasteiger partial charge in [-0.3, -0.25) is 4.90 Å². The highest BCUT2D eigenvalue weighted by Gasteiger charge is 2.27. The zero-order chi connectivity index (χ0) is 13.1. The van der Waals surface area contributed by atoms with Crippen LogP contribution < -0.4 is 0 Å². The van der Waals surface area contributed by atoms with Crippen LogP contribution in [0.5, 0.6) is 0 Å². The summed E-state index contributed by atoms with van der Waals surface area (Å²) in [6, 6.07) is 11.2. The SMILES string of the molecule is CCc1noc(CN2CCCC2c2ccccc2)n1. The molecule has 0 aliphatic carbocycles. The van der Waals surface area contributed by atoms with Crippen molar-refractivity contribution in [1.29, 1.82) is 0 Å². The van der Waals surface area contributed by atoms with Crippen LogP contribution in [0.3, 0.4) is 0 Å². The van der Waals surface area contributed by atoms with Crippen molar-refractivity contribution in [2.45, 2.75) is 38.8 Å². The summed E-state index contributed by atoms with van der Waals surface area (Å²) < 4.78 is 5.30. The van der Waals surface area contributed by atoms with E-state index in [-0.39, 0.29) is 0 Å². The summed E-state index contributed by atoms with van der Waals surface area (Å²) in [6.07, 6.45) is 3.26. The Morgan fingerprint density at radius 2 is 2.16 bits per heavy atom. The van der Waals surface area contributed by atoms with Crippen molar-refractivity contribution in [3.8, 4) is 0 Å².